The van der Waals surface area contributed by atoms with Gasteiger partial charge in [0.2, 0.25) is 5.78 Å². The van der Waals surface area contributed by atoms with E-state index >= 15 is 0 Å². The summed E-state index contributed by atoms with van der Waals surface area (Å²) in [5.41, 5.74) is 2.52. The number of phenolic OH excluding ortho intramolecular Hbond substituents is 1. The lowest BCUT2D eigenvalue weighted by Gasteiger charge is -2.05. The van der Waals surface area contributed by atoms with E-state index in [1.807, 2.05) is 6.07 Å². The molecule has 0 atom stereocenters. The van der Waals surface area contributed by atoms with Crippen molar-refractivity contribution in [1.29, 1.82) is 5.26 Å². The summed E-state index contributed by atoms with van der Waals surface area (Å²) in [6.07, 6.45) is 2.95. The molecule has 0 fully saturated rings. The highest BCUT2D eigenvalue weighted by Gasteiger charge is 2.16. The number of aromatic hydroxyl groups is 1. The first-order valence-electron chi connectivity index (χ1n) is 6.45. The zero-order valence-corrected chi connectivity index (χ0v) is 12.1. The Labute approximate surface area is 122 Å². The maximum absolute atomic E-state index is 12.3. The fraction of sp³-hybridized carbons (Fsp3) is 0.176. The molecule has 0 unspecified atom stereocenters. The van der Waals surface area contributed by atoms with E-state index in [1.165, 1.54) is 12.3 Å². The number of phenols is 1. The number of Topliss-reactive ketones (excluding diaryl/α,β-unsaturated/α-hetero) is 1. The molecule has 4 nitrogen and oxygen atoms in total. The summed E-state index contributed by atoms with van der Waals surface area (Å²) in [7, 11) is 0. The molecule has 0 amide bonds. The molecule has 2 rings (SSSR count). The van der Waals surface area contributed by atoms with Crippen LogP contribution in [0.15, 0.2) is 34.5 Å². The molecule has 0 aliphatic carbocycles. The molecule has 21 heavy (non-hydrogen) atoms. The topological polar surface area (TPSA) is 74.2 Å². The predicted molar refractivity (Wildman–Crippen MR) is 78.9 cm³/mol. The normalized spacial score (nSPS) is 11.2. The number of rotatable bonds is 3. The Bertz CT molecular complexity index is 753. The van der Waals surface area contributed by atoms with Crippen LogP contribution in [-0.4, -0.2) is 10.9 Å². The largest absolute Gasteiger partial charge is 0.507 e. The molecule has 1 heterocycles. The molecule has 1 aromatic heterocycles. The Morgan fingerprint density at radius 3 is 2.38 bits per heavy atom. The van der Waals surface area contributed by atoms with Gasteiger partial charge in [-0.3, -0.25) is 4.79 Å². The number of nitrogens with zero attached hydrogens (tertiary/aromatic N) is 1. The Kier molecular flexibility index (Phi) is 3.95. The molecule has 0 aliphatic heterocycles. The summed E-state index contributed by atoms with van der Waals surface area (Å²) in [6, 6.07) is 6.94. The Morgan fingerprint density at radius 2 is 1.90 bits per heavy atom. The maximum atomic E-state index is 12.3. The number of hydrogen-bond acceptors (Lipinski definition) is 4. The summed E-state index contributed by atoms with van der Waals surface area (Å²) in [4.78, 5) is 12.3. The molecule has 106 valence electrons. The van der Waals surface area contributed by atoms with Crippen LogP contribution in [0.2, 0.25) is 0 Å². The van der Waals surface area contributed by atoms with Gasteiger partial charge < -0.3 is 9.52 Å². The van der Waals surface area contributed by atoms with Gasteiger partial charge in [-0.1, -0.05) is 0 Å². The molecule has 1 N–H and O–H groups in total. The first-order valence-corrected chi connectivity index (χ1v) is 6.45. The van der Waals surface area contributed by atoms with Crippen LogP contribution in [0.4, 0.5) is 0 Å². The highest BCUT2D eigenvalue weighted by atomic mass is 16.3. The molecule has 0 bridgehead atoms. The third kappa shape index (κ3) is 2.87. The van der Waals surface area contributed by atoms with Gasteiger partial charge in [-0.2, -0.15) is 5.26 Å². The van der Waals surface area contributed by atoms with Crippen molar-refractivity contribution in [1.82, 2.24) is 0 Å². The molecule has 0 saturated carbocycles. The lowest BCUT2D eigenvalue weighted by molar-refractivity contribution is 0.103. The highest BCUT2D eigenvalue weighted by molar-refractivity contribution is 6.14. The third-order valence-corrected chi connectivity index (χ3v) is 3.29. The van der Waals surface area contributed by atoms with Crippen LogP contribution in [0.25, 0.3) is 6.08 Å². The summed E-state index contributed by atoms with van der Waals surface area (Å²) < 4.78 is 5.09. The van der Waals surface area contributed by atoms with Crippen LogP contribution in [0, 0.1) is 32.1 Å². The molecule has 0 spiro atoms. The van der Waals surface area contributed by atoms with Crippen molar-refractivity contribution in [2.24, 2.45) is 0 Å². The minimum Gasteiger partial charge on any atom is -0.507 e. The van der Waals surface area contributed by atoms with E-state index in [2.05, 4.69) is 0 Å². The van der Waals surface area contributed by atoms with E-state index < -0.39 is 0 Å². The van der Waals surface area contributed by atoms with Crippen LogP contribution < -0.4 is 0 Å². The van der Waals surface area contributed by atoms with Crippen molar-refractivity contribution < 1.29 is 14.3 Å². The number of ketones is 1. The summed E-state index contributed by atoms with van der Waals surface area (Å²) >= 11 is 0. The van der Waals surface area contributed by atoms with E-state index in [4.69, 9.17) is 4.42 Å². The fourth-order valence-corrected chi connectivity index (χ4v) is 2.15. The standard InChI is InChI=1S/C17H15NO3/c1-10-6-13(7-11(2)16(10)19)8-14(9-18)17(20)15-4-5-21-12(15)3/h4-8,19H,1-3H3/b14-8+. The third-order valence-electron chi connectivity index (χ3n) is 3.29. The molecule has 1 aromatic carbocycles. The predicted octanol–water partition coefficient (Wildman–Crippen LogP) is 3.70. The second-order valence-corrected chi connectivity index (χ2v) is 4.89. The zero-order valence-electron chi connectivity index (χ0n) is 12.1. The summed E-state index contributed by atoms with van der Waals surface area (Å²) in [5.74, 6) is 0.342. The molecular formula is C17H15NO3. The first kappa shape index (κ1) is 14.6. The maximum Gasteiger partial charge on any atom is 0.207 e. The first-order chi connectivity index (χ1) is 9.93. The van der Waals surface area contributed by atoms with Gasteiger partial charge in [0.15, 0.2) is 0 Å². The average Bonchev–Trinajstić information content (AvgIpc) is 2.87. The van der Waals surface area contributed by atoms with Gasteiger partial charge >= 0.3 is 0 Å². The van der Waals surface area contributed by atoms with Crippen molar-refractivity contribution >= 4 is 11.9 Å². The van der Waals surface area contributed by atoms with Gasteiger partial charge in [0.25, 0.3) is 0 Å². The Balaban J connectivity index is 2.45. The summed E-state index contributed by atoms with van der Waals surface area (Å²) in [6.45, 7) is 5.22. The molecule has 2 aromatic rings. The number of benzene rings is 1. The van der Waals surface area contributed by atoms with Gasteiger partial charge in [0, 0.05) is 0 Å². The van der Waals surface area contributed by atoms with Crippen LogP contribution in [0.1, 0.15) is 32.8 Å². The van der Waals surface area contributed by atoms with Crippen molar-refractivity contribution in [3.8, 4) is 11.8 Å². The van der Waals surface area contributed by atoms with Gasteiger partial charge in [-0.15, -0.1) is 0 Å². The number of nitriles is 1. The number of aryl methyl sites for hydroxylation is 3. The Hall–Kier alpha value is -2.80. The number of hydrogen-bond donors (Lipinski definition) is 1. The molecule has 4 heteroatoms. The monoisotopic (exact) mass is 281 g/mol. The van der Waals surface area contributed by atoms with Gasteiger partial charge in [-0.25, -0.2) is 0 Å². The quantitative estimate of drug-likeness (QED) is 0.529. The van der Waals surface area contributed by atoms with E-state index in [9.17, 15) is 15.2 Å². The number of allylic oxidation sites excluding steroid dienone is 1. The Morgan fingerprint density at radius 1 is 1.29 bits per heavy atom. The zero-order chi connectivity index (χ0) is 15.6. The number of furan rings is 1. The van der Waals surface area contributed by atoms with Crippen LogP contribution in [0.3, 0.4) is 0 Å². The average molecular weight is 281 g/mol. The molecule has 0 aliphatic rings. The lowest BCUT2D eigenvalue weighted by Crippen LogP contribution is -2.02. The SMILES string of the molecule is Cc1cc(/C=C(\C#N)C(=O)c2ccoc2C)cc(C)c1O. The molecule has 0 radical (unpaired) electrons. The smallest absolute Gasteiger partial charge is 0.207 e. The fourth-order valence-electron chi connectivity index (χ4n) is 2.15. The van der Waals surface area contributed by atoms with Crippen LogP contribution >= 0.6 is 0 Å². The van der Waals surface area contributed by atoms with Gasteiger partial charge in [-0.05, 0) is 61.7 Å². The van der Waals surface area contributed by atoms with E-state index in [0.717, 1.165) is 0 Å². The second-order valence-electron chi connectivity index (χ2n) is 4.89. The summed E-state index contributed by atoms with van der Waals surface area (Å²) in [5, 5.41) is 19.0. The minimum absolute atomic E-state index is 0.0315. The van der Waals surface area contributed by atoms with E-state index in [1.54, 1.807) is 39.0 Å². The highest BCUT2D eigenvalue weighted by Crippen LogP contribution is 2.25. The molecular weight excluding hydrogens is 266 g/mol. The van der Waals surface area contributed by atoms with E-state index in [0.29, 0.717) is 28.0 Å². The van der Waals surface area contributed by atoms with Crippen molar-refractivity contribution in [2.45, 2.75) is 20.8 Å². The van der Waals surface area contributed by atoms with E-state index in [-0.39, 0.29) is 17.1 Å². The van der Waals surface area contributed by atoms with Crippen molar-refractivity contribution in [3.05, 3.63) is 58.0 Å². The van der Waals surface area contributed by atoms with Crippen LogP contribution in [0.5, 0.6) is 5.75 Å². The molecule has 0 saturated heterocycles. The van der Waals surface area contributed by atoms with Crippen LogP contribution in [-0.2, 0) is 0 Å². The number of carbonyl (C=O) groups excluding carboxylic acids is 1. The minimum atomic E-state index is -0.368. The van der Waals surface area contributed by atoms with Gasteiger partial charge in [0.05, 0.1) is 11.8 Å². The van der Waals surface area contributed by atoms with Crippen molar-refractivity contribution in [2.75, 3.05) is 0 Å². The number of carbonyl (C=O) groups is 1. The van der Waals surface area contributed by atoms with Crippen molar-refractivity contribution in [3.63, 3.8) is 0 Å². The van der Waals surface area contributed by atoms with Gasteiger partial charge in [0.1, 0.15) is 23.2 Å². The second kappa shape index (κ2) is 5.68. The lowest BCUT2D eigenvalue weighted by atomic mass is 10.00.